The smallest absolute Gasteiger partial charge is 0.169 e. The van der Waals surface area contributed by atoms with Crippen molar-refractivity contribution in [2.24, 2.45) is 11.7 Å². The summed E-state index contributed by atoms with van der Waals surface area (Å²) >= 11 is 3.28. The van der Waals surface area contributed by atoms with Crippen LogP contribution in [0.2, 0.25) is 0 Å². The Hall–Kier alpha value is -0.320. The highest BCUT2D eigenvalue weighted by molar-refractivity contribution is 9.10. The molecule has 1 aliphatic rings. The molecule has 0 aliphatic carbocycles. The van der Waals surface area contributed by atoms with Crippen LogP contribution >= 0.6 is 15.9 Å². The van der Waals surface area contributed by atoms with Crippen molar-refractivity contribution in [2.75, 3.05) is 13.2 Å². The first-order valence-corrected chi connectivity index (χ1v) is 6.13. The Morgan fingerprint density at radius 2 is 2.13 bits per heavy atom. The zero-order chi connectivity index (χ0) is 10.7. The minimum absolute atomic E-state index is 0.0133. The van der Waals surface area contributed by atoms with Crippen LogP contribution in [0, 0.1) is 5.92 Å². The fourth-order valence-corrected chi connectivity index (χ4v) is 2.30. The molecular formula is C11H16BrNO2. The van der Waals surface area contributed by atoms with Crippen molar-refractivity contribution in [1.82, 2.24) is 0 Å². The molecule has 2 N–H and O–H groups in total. The lowest BCUT2D eigenvalue weighted by Crippen LogP contribution is -2.21. The Morgan fingerprint density at radius 3 is 2.73 bits per heavy atom. The van der Waals surface area contributed by atoms with Gasteiger partial charge in [0.2, 0.25) is 0 Å². The summed E-state index contributed by atoms with van der Waals surface area (Å²) in [6.45, 7) is 1.75. The van der Waals surface area contributed by atoms with Crippen molar-refractivity contribution in [3.05, 3.63) is 22.6 Å². The summed E-state index contributed by atoms with van der Waals surface area (Å²) in [4.78, 5) is 0. The highest BCUT2D eigenvalue weighted by Gasteiger charge is 2.19. The van der Waals surface area contributed by atoms with Gasteiger partial charge in [0, 0.05) is 13.2 Å². The monoisotopic (exact) mass is 273 g/mol. The fraction of sp³-hybridized carbons (Fsp3) is 0.636. The molecule has 2 heterocycles. The topological polar surface area (TPSA) is 48.4 Å². The number of ether oxygens (including phenoxy) is 1. The maximum absolute atomic E-state index is 6.08. The summed E-state index contributed by atoms with van der Waals surface area (Å²) in [6.07, 6.45) is 3.23. The van der Waals surface area contributed by atoms with Crippen LogP contribution in [0.5, 0.6) is 0 Å². The molecule has 1 saturated heterocycles. The molecule has 3 nitrogen and oxygen atoms in total. The minimum Gasteiger partial charge on any atom is -0.453 e. The summed E-state index contributed by atoms with van der Waals surface area (Å²) in [5.41, 5.74) is 6.08. The largest absolute Gasteiger partial charge is 0.453 e. The lowest BCUT2D eigenvalue weighted by Gasteiger charge is -2.23. The van der Waals surface area contributed by atoms with Gasteiger partial charge in [-0.3, -0.25) is 0 Å². The number of hydrogen-bond donors (Lipinski definition) is 1. The zero-order valence-corrected chi connectivity index (χ0v) is 10.2. The van der Waals surface area contributed by atoms with Gasteiger partial charge in [0.05, 0.1) is 6.04 Å². The third-order valence-electron chi connectivity index (χ3n) is 2.89. The van der Waals surface area contributed by atoms with Gasteiger partial charge in [0.15, 0.2) is 4.67 Å². The first-order valence-electron chi connectivity index (χ1n) is 5.34. The molecule has 0 radical (unpaired) electrons. The minimum atomic E-state index is 0.0133. The van der Waals surface area contributed by atoms with Gasteiger partial charge in [-0.05, 0) is 53.2 Å². The summed E-state index contributed by atoms with van der Waals surface area (Å²) in [7, 11) is 0. The summed E-state index contributed by atoms with van der Waals surface area (Å²) in [5.74, 6) is 1.55. The number of halogens is 1. The van der Waals surface area contributed by atoms with E-state index in [2.05, 4.69) is 15.9 Å². The standard InChI is InChI=1S/C11H16BrNO2/c12-11-2-1-10(15-11)9(13)7-8-3-5-14-6-4-8/h1-2,8-9H,3-7,13H2. The van der Waals surface area contributed by atoms with Crippen molar-refractivity contribution in [3.8, 4) is 0 Å². The maximum atomic E-state index is 6.08. The van der Waals surface area contributed by atoms with E-state index >= 15 is 0 Å². The molecule has 1 fully saturated rings. The van der Waals surface area contributed by atoms with E-state index in [1.807, 2.05) is 12.1 Å². The van der Waals surface area contributed by atoms with Crippen LogP contribution in [-0.4, -0.2) is 13.2 Å². The van der Waals surface area contributed by atoms with Crippen LogP contribution in [0.25, 0.3) is 0 Å². The molecule has 2 rings (SSSR count). The van der Waals surface area contributed by atoms with Gasteiger partial charge in [-0.25, -0.2) is 0 Å². The second-order valence-electron chi connectivity index (χ2n) is 4.04. The van der Waals surface area contributed by atoms with Gasteiger partial charge in [0.25, 0.3) is 0 Å². The molecule has 4 heteroatoms. The van der Waals surface area contributed by atoms with E-state index < -0.39 is 0 Å². The van der Waals surface area contributed by atoms with Crippen LogP contribution in [0.15, 0.2) is 21.2 Å². The Morgan fingerprint density at radius 1 is 1.40 bits per heavy atom. The predicted molar refractivity (Wildman–Crippen MR) is 61.5 cm³/mol. The van der Waals surface area contributed by atoms with Gasteiger partial charge in [0.1, 0.15) is 5.76 Å². The maximum Gasteiger partial charge on any atom is 0.169 e. The number of rotatable bonds is 3. The molecule has 1 atom stereocenters. The molecule has 0 saturated carbocycles. The molecular weight excluding hydrogens is 258 g/mol. The number of nitrogens with two attached hydrogens (primary N) is 1. The number of furan rings is 1. The van der Waals surface area contributed by atoms with Crippen LogP contribution in [-0.2, 0) is 4.74 Å². The van der Waals surface area contributed by atoms with Gasteiger partial charge in [-0.15, -0.1) is 0 Å². The summed E-state index contributed by atoms with van der Waals surface area (Å²) in [5, 5.41) is 0. The normalized spacial score (nSPS) is 20.4. The van der Waals surface area contributed by atoms with Crippen molar-refractivity contribution in [3.63, 3.8) is 0 Å². The molecule has 1 aromatic rings. The SMILES string of the molecule is NC(CC1CCOCC1)c1ccc(Br)o1. The van der Waals surface area contributed by atoms with Gasteiger partial charge < -0.3 is 14.9 Å². The Labute approximate surface area is 98.1 Å². The average molecular weight is 274 g/mol. The Kier molecular flexibility index (Phi) is 3.83. The lowest BCUT2D eigenvalue weighted by molar-refractivity contribution is 0.0611. The second kappa shape index (κ2) is 5.14. The third kappa shape index (κ3) is 3.06. The average Bonchev–Trinajstić information content (AvgIpc) is 2.66. The van der Waals surface area contributed by atoms with Gasteiger partial charge in [-0.2, -0.15) is 0 Å². The molecule has 0 aromatic carbocycles. The molecule has 1 aromatic heterocycles. The fourth-order valence-electron chi connectivity index (χ4n) is 1.98. The van der Waals surface area contributed by atoms with E-state index in [9.17, 15) is 0 Å². The Bertz CT molecular complexity index is 307. The van der Waals surface area contributed by atoms with Crippen LogP contribution < -0.4 is 5.73 Å². The summed E-state index contributed by atoms with van der Waals surface area (Å²) in [6, 6.07) is 3.84. The van der Waals surface area contributed by atoms with Gasteiger partial charge >= 0.3 is 0 Å². The first kappa shape index (κ1) is 11.2. The zero-order valence-electron chi connectivity index (χ0n) is 8.62. The predicted octanol–water partition coefficient (Wildman–Crippen LogP) is 2.86. The van der Waals surface area contributed by atoms with Crippen LogP contribution in [0.3, 0.4) is 0 Å². The first-order chi connectivity index (χ1) is 7.25. The van der Waals surface area contributed by atoms with E-state index in [4.69, 9.17) is 14.9 Å². The molecule has 0 amide bonds. The van der Waals surface area contributed by atoms with Crippen molar-refractivity contribution >= 4 is 15.9 Å². The van der Waals surface area contributed by atoms with Crippen LogP contribution in [0.1, 0.15) is 31.1 Å². The van der Waals surface area contributed by atoms with E-state index in [-0.39, 0.29) is 6.04 Å². The van der Waals surface area contributed by atoms with E-state index in [0.29, 0.717) is 5.92 Å². The van der Waals surface area contributed by atoms with E-state index in [0.717, 1.165) is 42.9 Å². The third-order valence-corrected chi connectivity index (χ3v) is 3.31. The summed E-state index contributed by atoms with van der Waals surface area (Å²) < 4.78 is 11.5. The second-order valence-corrected chi connectivity index (χ2v) is 4.82. The van der Waals surface area contributed by atoms with Crippen molar-refractivity contribution in [2.45, 2.75) is 25.3 Å². The molecule has 1 aliphatic heterocycles. The molecule has 0 spiro atoms. The van der Waals surface area contributed by atoms with E-state index in [1.165, 1.54) is 0 Å². The Balaban J connectivity index is 1.88. The van der Waals surface area contributed by atoms with Gasteiger partial charge in [-0.1, -0.05) is 0 Å². The van der Waals surface area contributed by atoms with Crippen molar-refractivity contribution < 1.29 is 9.15 Å². The molecule has 1 unspecified atom stereocenters. The van der Waals surface area contributed by atoms with Crippen LogP contribution in [0.4, 0.5) is 0 Å². The van der Waals surface area contributed by atoms with E-state index in [1.54, 1.807) is 0 Å². The lowest BCUT2D eigenvalue weighted by atomic mass is 9.92. The molecule has 84 valence electrons. The molecule has 0 bridgehead atoms. The number of hydrogen-bond acceptors (Lipinski definition) is 3. The highest BCUT2D eigenvalue weighted by atomic mass is 79.9. The highest BCUT2D eigenvalue weighted by Crippen LogP contribution is 2.28. The van der Waals surface area contributed by atoms with Crippen molar-refractivity contribution in [1.29, 1.82) is 0 Å². The quantitative estimate of drug-likeness (QED) is 0.922. The molecule has 15 heavy (non-hydrogen) atoms.